The summed E-state index contributed by atoms with van der Waals surface area (Å²) in [7, 11) is 0. The van der Waals surface area contributed by atoms with E-state index in [1.165, 1.54) is 29.3 Å². The number of hydrogen-bond acceptors (Lipinski definition) is 4. The molecule has 7 nitrogen and oxygen atoms in total. The predicted octanol–water partition coefficient (Wildman–Crippen LogP) is 2.23. The largest absolute Gasteiger partial charge is 0.397 e. The standard InChI is InChI=1S/C16H20FN5O2/c17-11-6-7-13(12(18)10-11)22(15-8-9-20-21-15)16(24)5-3-1-2-4-14(19)23/h6-10H,1-5,18H2,(H2,19,23)(H,20,21). The minimum atomic E-state index is -0.472. The molecule has 0 spiro atoms. The van der Waals surface area contributed by atoms with Crippen molar-refractivity contribution in [2.24, 2.45) is 5.73 Å². The van der Waals surface area contributed by atoms with E-state index in [0.717, 1.165) is 0 Å². The van der Waals surface area contributed by atoms with Gasteiger partial charge >= 0.3 is 0 Å². The summed E-state index contributed by atoms with van der Waals surface area (Å²) in [4.78, 5) is 24.7. The summed E-state index contributed by atoms with van der Waals surface area (Å²) >= 11 is 0. The monoisotopic (exact) mass is 333 g/mol. The molecule has 1 aromatic heterocycles. The molecule has 1 aromatic carbocycles. The lowest BCUT2D eigenvalue weighted by Crippen LogP contribution is -2.27. The number of hydrogen-bond donors (Lipinski definition) is 3. The molecule has 0 saturated carbocycles. The SMILES string of the molecule is NC(=O)CCCCCC(=O)N(c1ccn[nH]1)c1ccc(F)cc1N. The highest BCUT2D eigenvalue weighted by molar-refractivity contribution is 6.02. The first-order valence-corrected chi connectivity index (χ1v) is 7.64. The van der Waals surface area contributed by atoms with Crippen molar-refractivity contribution in [2.75, 3.05) is 10.6 Å². The molecule has 0 saturated heterocycles. The number of carbonyl (C=O) groups excluding carboxylic acids is 2. The predicted molar refractivity (Wildman–Crippen MR) is 88.8 cm³/mol. The average Bonchev–Trinajstić information content (AvgIpc) is 3.03. The van der Waals surface area contributed by atoms with Crippen LogP contribution in [-0.4, -0.2) is 22.0 Å². The van der Waals surface area contributed by atoms with Crippen LogP contribution in [0.5, 0.6) is 0 Å². The van der Waals surface area contributed by atoms with Crippen molar-refractivity contribution < 1.29 is 14.0 Å². The van der Waals surface area contributed by atoms with Gasteiger partial charge in [0.25, 0.3) is 0 Å². The maximum absolute atomic E-state index is 13.3. The molecule has 0 bridgehead atoms. The van der Waals surface area contributed by atoms with E-state index < -0.39 is 5.82 Å². The van der Waals surface area contributed by atoms with E-state index in [-0.39, 0.29) is 23.9 Å². The molecule has 0 aliphatic carbocycles. The van der Waals surface area contributed by atoms with Crippen molar-refractivity contribution in [1.29, 1.82) is 0 Å². The van der Waals surface area contributed by atoms with Crippen molar-refractivity contribution in [3.63, 3.8) is 0 Å². The summed E-state index contributed by atoms with van der Waals surface area (Å²) in [5.74, 6) is -0.564. The van der Waals surface area contributed by atoms with E-state index in [9.17, 15) is 14.0 Å². The fraction of sp³-hybridized carbons (Fsp3) is 0.312. The Balaban J connectivity index is 2.09. The second-order valence-corrected chi connectivity index (χ2v) is 5.40. The van der Waals surface area contributed by atoms with Crippen LogP contribution in [-0.2, 0) is 9.59 Å². The minimum Gasteiger partial charge on any atom is -0.397 e. The van der Waals surface area contributed by atoms with Gasteiger partial charge in [0.2, 0.25) is 11.8 Å². The first-order valence-electron chi connectivity index (χ1n) is 7.64. The molecule has 1 heterocycles. The Morgan fingerprint density at radius 2 is 1.92 bits per heavy atom. The van der Waals surface area contributed by atoms with Gasteiger partial charge in [0, 0.05) is 18.9 Å². The Hall–Kier alpha value is -2.90. The lowest BCUT2D eigenvalue weighted by atomic mass is 10.1. The number of nitrogen functional groups attached to an aromatic ring is 1. The summed E-state index contributed by atoms with van der Waals surface area (Å²) in [5, 5.41) is 6.56. The average molecular weight is 333 g/mol. The van der Waals surface area contributed by atoms with Gasteiger partial charge in [-0.1, -0.05) is 6.42 Å². The van der Waals surface area contributed by atoms with Crippen LogP contribution in [0.3, 0.4) is 0 Å². The number of nitrogens with zero attached hydrogens (tertiary/aromatic N) is 2. The third-order valence-corrected chi connectivity index (χ3v) is 3.52. The molecule has 0 aliphatic rings. The molecule has 2 rings (SSSR count). The molecule has 2 aromatic rings. The first kappa shape index (κ1) is 17.5. The number of nitrogens with one attached hydrogen (secondary N) is 1. The lowest BCUT2D eigenvalue weighted by Gasteiger charge is -2.22. The Labute approximate surface area is 138 Å². The number of carbonyl (C=O) groups is 2. The van der Waals surface area contributed by atoms with Crippen LogP contribution in [0.4, 0.5) is 21.6 Å². The quantitative estimate of drug-likeness (QED) is 0.507. The molecule has 128 valence electrons. The Morgan fingerprint density at radius 3 is 2.54 bits per heavy atom. The normalized spacial score (nSPS) is 10.5. The fourth-order valence-electron chi connectivity index (χ4n) is 2.36. The van der Waals surface area contributed by atoms with E-state index in [1.54, 1.807) is 6.07 Å². The number of benzene rings is 1. The molecule has 0 atom stereocenters. The Morgan fingerprint density at radius 1 is 1.17 bits per heavy atom. The number of amides is 2. The van der Waals surface area contributed by atoms with Crippen LogP contribution in [0, 0.1) is 5.82 Å². The fourth-order valence-corrected chi connectivity index (χ4v) is 2.36. The molecule has 0 fully saturated rings. The zero-order valence-corrected chi connectivity index (χ0v) is 13.2. The highest BCUT2D eigenvalue weighted by Crippen LogP contribution is 2.30. The van der Waals surface area contributed by atoms with Gasteiger partial charge in [-0.25, -0.2) is 4.39 Å². The number of unbranched alkanes of at least 4 members (excludes halogenated alkanes) is 2. The van der Waals surface area contributed by atoms with Gasteiger partial charge in [0.15, 0.2) is 0 Å². The number of nitrogens with two attached hydrogens (primary N) is 2. The number of H-pyrrole nitrogens is 1. The zero-order valence-electron chi connectivity index (χ0n) is 13.2. The van der Waals surface area contributed by atoms with Gasteiger partial charge in [-0.15, -0.1) is 0 Å². The maximum Gasteiger partial charge on any atom is 0.232 e. The van der Waals surface area contributed by atoms with Crippen molar-refractivity contribution in [1.82, 2.24) is 10.2 Å². The topological polar surface area (TPSA) is 118 Å². The molecule has 0 unspecified atom stereocenters. The zero-order chi connectivity index (χ0) is 17.5. The third kappa shape index (κ3) is 4.55. The van der Waals surface area contributed by atoms with Gasteiger partial charge in [0.1, 0.15) is 11.6 Å². The second kappa shape index (κ2) is 8.09. The smallest absolute Gasteiger partial charge is 0.232 e. The third-order valence-electron chi connectivity index (χ3n) is 3.52. The van der Waals surface area contributed by atoms with Gasteiger partial charge in [-0.2, -0.15) is 5.10 Å². The number of rotatable bonds is 8. The number of primary amides is 1. The van der Waals surface area contributed by atoms with E-state index >= 15 is 0 Å². The van der Waals surface area contributed by atoms with Crippen LogP contribution in [0.15, 0.2) is 30.5 Å². The van der Waals surface area contributed by atoms with Crippen LogP contribution in [0.2, 0.25) is 0 Å². The number of aromatic nitrogens is 2. The van der Waals surface area contributed by atoms with Gasteiger partial charge in [0.05, 0.1) is 17.6 Å². The molecular formula is C16H20FN5O2. The Kier molecular flexibility index (Phi) is 5.89. The highest BCUT2D eigenvalue weighted by atomic mass is 19.1. The van der Waals surface area contributed by atoms with Crippen molar-refractivity contribution in [3.05, 3.63) is 36.3 Å². The van der Waals surface area contributed by atoms with Crippen LogP contribution in [0.25, 0.3) is 0 Å². The van der Waals surface area contributed by atoms with E-state index in [4.69, 9.17) is 11.5 Å². The summed E-state index contributed by atoms with van der Waals surface area (Å²) in [5.41, 5.74) is 11.5. The van der Waals surface area contributed by atoms with Crippen molar-refractivity contribution in [2.45, 2.75) is 32.1 Å². The molecular weight excluding hydrogens is 313 g/mol. The minimum absolute atomic E-state index is 0.159. The van der Waals surface area contributed by atoms with Crippen molar-refractivity contribution >= 4 is 29.0 Å². The second-order valence-electron chi connectivity index (χ2n) is 5.40. The van der Waals surface area contributed by atoms with Gasteiger partial charge < -0.3 is 11.5 Å². The molecule has 2 amide bonds. The number of aromatic amines is 1. The van der Waals surface area contributed by atoms with Crippen LogP contribution in [0.1, 0.15) is 32.1 Å². The maximum atomic E-state index is 13.3. The van der Waals surface area contributed by atoms with Gasteiger partial charge in [-0.05, 0) is 31.0 Å². The van der Waals surface area contributed by atoms with Crippen LogP contribution < -0.4 is 16.4 Å². The first-order chi connectivity index (χ1) is 11.5. The summed E-state index contributed by atoms with van der Waals surface area (Å²) in [6, 6.07) is 5.50. The molecule has 8 heteroatoms. The number of anilines is 3. The molecule has 0 radical (unpaired) electrons. The molecule has 0 aliphatic heterocycles. The highest BCUT2D eigenvalue weighted by Gasteiger charge is 2.21. The number of halogens is 1. The lowest BCUT2D eigenvalue weighted by molar-refractivity contribution is -0.118. The van der Waals surface area contributed by atoms with E-state index in [1.807, 2.05) is 0 Å². The van der Waals surface area contributed by atoms with E-state index in [0.29, 0.717) is 37.2 Å². The molecule has 24 heavy (non-hydrogen) atoms. The van der Waals surface area contributed by atoms with Gasteiger partial charge in [-0.3, -0.25) is 19.6 Å². The van der Waals surface area contributed by atoms with Crippen LogP contribution >= 0.6 is 0 Å². The summed E-state index contributed by atoms with van der Waals surface area (Å²) in [6.45, 7) is 0. The Bertz CT molecular complexity index is 702. The van der Waals surface area contributed by atoms with Crippen molar-refractivity contribution in [3.8, 4) is 0 Å². The van der Waals surface area contributed by atoms with E-state index in [2.05, 4.69) is 10.2 Å². The summed E-state index contributed by atoms with van der Waals surface area (Å²) < 4.78 is 13.3. The summed E-state index contributed by atoms with van der Waals surface area (Å²) in [6.07, 6.45) is 4.05. The molecule has 5 N–H and O–H groups in total.